The summed E-state index contributed by atoms with van der Waals surface area (Å²) in [5.41, 5.74) is 6.17. The first-order valence-corrected chi connectivity index (χ1v) is 11.2. The lowest BCUT2D eigenvalue weighted by atomic mass is 9.88. The molecular formula is C26H28ClN3O2. The maximum absolute atomic E-state index is 13.0. The summed E-state index contributed by atoms with van der Waals surface area (Å²) in [7, 11) is 0. The van der Waals surface area contributed by atoms with Crippen LogP contribution in [-0.2, 0) is 11.3 Å². The molecule has 2 aliphatic rings. The van der Waals surface area contributed by atoms with E-state index in [-0.39, 0.29) is 23.7 Å². The third-order valence-corrected chi connectivity index (χ3v) is 6.46. The molecule has 1 fully saturated rings. The Balaban J connectivity index is 1.66. The molecule has 2 aliphatic heterocycles. The summed E-state index contributed by atoms with van der Waals surface area (Å²) in [6.45, 7) is 11.7. The predicted octanol–water partition coefficient (Wildman–Crippen LogP) is 5.76. The second-order valence-corrected chi connectivity index (χ2v) is 9.39. The first-order valence-electron chi connectivity index (χ1n) is 10.8. The minimum atomic E-state index is -0.425. The lowest BCUT2D eigenvalue weighted by molar-refractivity contribution is -0.123. The average molecular weight is 450 g/mol. The summed E-state index contributed by atoms with van der Waals surface area (Å²) >= 11 is 6.64. The van der Waals surface area contributed by atoms with Gasteiger partial charge < -0.3 is 10.2 Å². The van der Waals surface area contributed by atoms with E-state index in [1.54, 1.807) is 6.08 Å². The van der Waals surface area contributed by atoms with E-state index in [0.717, 1.165) is 34.5 Å². The highest BCUT2D eigenvalue weighted by molar-refractivity contribution is 6.32. The van der Waals surface area contributed by atoms with Gasteiger partial charge in [0, 0.05) is 22.8 Å². The summed E-state index contributed by atoms with van der Waals surface area (Å²) in [6.07, 6.45) is 3.91. The Labute approximate surface area is 194 Å². The fourth-order valence-corrected chi connectivity index (χ4v) is 4.76. The van der Waals surface area contributed by atoms with Crippen molar-refractivity contribution in [3.63, 3.8) is 0 Å². The molecule has 166 valence electrons. The molecule has 0 aliphatic carbocycles. The van der Waals surface area contributed by atoms with Crippen LogP contribution in [-0.4, -0.2) is 28.9 Å². The number of carbonyl (C=O) groups excluding carboxylic acids is 2. The Kier molecular flexibility index (Phi) is 5.63. The Morgan fingerprint density at radius 2 is 1.78 bits per heavy atom. The molecule has 2 aromatic rings. The normalized spacial score (nSPS) is 18.7. The van der Waals surface area contributed by atoms with Crippen LogP contribution in [0.4, 0.5) is 10.5 Å². The lowest BCUT2D eigenvalue weighted by Crippen LogP contribution is -2.44. The largest absolute Gasteiger partial charge is 0.363 e. The average Bonchev–Trinajstić information content (AvgIpc) is 2.98. The Morgan fingerprint density at radius 1 is 1.09 bits per heavy atom. The molecule has 0 unspecified atom stereocenters. The summed E-state index contributed by atoms with van der Waals surface area (Å²) in [5.74, 6) is -0.354. The van der Waals surface area contributed by atoms with Crippen LogP contribution in [0.2, 0.25) is 5.02 Å². The van der Waals surface area contributed by atoms with Crippen LogP contribution >= 0.6 is 11.6 Å². The molecular weight excluding hydrogens is 422 g/mol. The van der Waals surface area contributed by atoms with Gasteiger partial charge in [-0.05, 0) is 69.5 Å². The van der Waals surface area contributed by atoms with Crippen molar-refractivity contribution in [1.82, 2.24) is 10.2 Å². The first-order chi connectivity index (χ1) is 15.1. The number of hydrogen-bond donors (Lipinski definition) is 1. The standard InChI is InChI=1S/C26H28ClN3O2/c1-6-30-23-13-21(27)19(11-20(23)17(3)14-26(30,4)5)12-22-24(31)29(25(32)28-22)15-18-9-7-16(2)8-10-18/h7-14H,6,15H2,1-5H3,(H,28,32)/b22-12+. The van der Waals surface area contributed by atoms with Crippen molar-refractivity contribution >= 4 is 40.9 Å². The SMILES string of the molecule is CCN1c2cc(Cl)c(/C=C3/NC(=O)N(Cc4ccc(C)cc4)C3=O)cc2C(C)=CC1(C)C. The third kappa shape index (κ3) is 3.93. The summed E-state index contributed by atoms with van der Waals surface area (Å²) in [6, 6.07) is 11.3. The number of likely N-dealkylation sites (N-methyl/N-ethyl adjacent to an activating group) is 1. The molecule has 4 rings (SSSR count). The number of nitrogens with zero attached hydrogens (tertiary/aromatic N) is 2. The van der Waals surface area contributed by atoms with Crippen molar-refractivity contribution < 1.29 is 9.59 Å². The van der Waals surface area contributed by atoms with Gasteiger partial charge in [0.2, 0.25) is 0 Å². The van der Waals surface area contributed by atoms with Gasteiger partial charge in [-0.1, -0.05) is 47.5 Å². The number of halogens is 1. The molecule has 1 N–H and O–H groups in total. The fraction of sp³-hybridized carbons (Fsp3) is 0.308. The number of imide groups is 1. The van der Waals surface area contributed by atoms with E-state index in [4.69, 9.17) is 11.6 Å². The van der Waals surface area contributed by atoms with Gasteiger partial charge in [-0.15, -0.1) is 0 Å². The lowest BCUT2D eigenvalue weighted by Gasteiger charge is -2.43. The van der Waals surface area contributed by atoms with Crippen LogP contribution in [0.15, 0.2) is 48.2 Å². The van der Waals surface area contributed by atoms with Crippen molar-refractivity contribution in [2.24, 2.45) is 0 Å². The molecule has 0 bridgehead atoms. The zero-order valence-corrected chi connectivity index (χ0v) is 19.9. The fourth-order valence-electron chi connectivity index (χ4n) is 4.55. The minimum Gasteiger partial charge on any atom is -0.363 e. The second kappa shape index (κ2) is 8.14. The Bertz CT molecular complexity index is 1160. The van der Waals surface area contributed by atoms with Crippen molar-refractivity contribution in [3.05, 3.63) is 75.4 Å². The molecule has 0 spiro atoms. The summed E-state index contributed by atoms with van der Waals surface area (Å²) in [4.78, 5) is 29.0. The molecule has 0 saturated carbocycles. The highest BCUT2D eigenvalue weighted by Gasteiger charge is 2.34. The van der Waals surface area contributed by atoms with Crippen LogP contribution in [0.1, 0.15) is 49.9 Å². The number of urea groups is 1. The zero-order chi connectivity index (χ0) is 23.2. The highest BCUT2D eigenvalue weighted by Crippen LogP contribution is 2.41. The van der Waals surface area contributed by atoms with Gasteiger partial charge in [-0.2, -0.15) is 0 Å². The van der Waals surface area contributed by atoms with E-state index in [1.807, 2.05) is 43.3 Å². The maximum Gasteiger partial charge on any atom is 0.329 e. The number of rotatable bonds is 4. The van der Waals surface area contributed by atoms with Gasteiger partial charge in [-0.3, -0.25) is 9.69 Å². The quantitative estimate of drug-likeness (QED) is 0.476. The monoisotopic (exact) mass is 449 g/mol. The molecule has 0 atom stereocenters. The Hall–Kier alpha value is -3.05. The first kappa shape index (κ1) is 22.2. The van der Waals surface area contributed by atoms with Crippen molar-refractivity contribution in [2.75, 3.05) is 11.4 Å². The van der Waals surface area contributed by atoms with Gasteiger partial charge in [0.05, 0.1) is 12.1 Å². The number of anilines is 1. The summed E-state index contributed by atoms with van der Waals surface area (Å²) < 4.78 is 0. The number of aryl methyl sites for hydroxylation is 1. The van der Waals surface area contributed by atoms with Gasteiger partial charge in [-0.25, -0.2) is 4.79 Å². The number of hydrogen-bond acceptors (Lipinski definition) is 3. The van der Waals surface area contributed by atoms with Crippen LogP contribution in [0, 0.1) is 6.92 Å². The van der Waals surface area contributed by atoms with Crippen molar-refractivity contribution in [1.29, 1.82) is 0 Å². The number of nitrogens with one attached hydrogen (secondary N) is 1. The van der Waals surface area contributed by atoms with Gasteiger partial charge in [0.1, 0.15) is 5.70 Å². The van der Waals surface area contributed by atoms with E-state index in [1.165, 1.54) is 4.90 Å². The molecule has 0 aromatic heterocycles. The number of allylic oxidation sites excluding steroid dienone is 1. The molecule has 5 nitrogen and oxygen atoms in total. The van der Waals surface area contributed by atoms with E-state index in [2.05, 4.69) is 44.0 Å². The predicted molar refractivity (Wildman–Crippen MR) is 130 cm³/mol. The van der Waals surface area contributed by atoms with Gasteiger partial charge >= 0.3 is 6.03 Å². The number of carbonyl (C=O) groups is 2. The zero-order valence-electron chi connectivity index (χ0n) is 19.1. The van der Waals surface area contributed by atoms with Gasteiger partial charge in [0.15, 0.2) is 0 Å². The van der Waals surface area contributed by atoms with E-state index in [9.17, 15) is 9.59 Å². The topological polar surface area (TPSA) is 52.7 Å². The smallest absolute Gasteiger partial charge is 0.329 e. The van der Waals surface area contributed by atoms with Crippen LogP contribution < -0.4 is 10.2 Å². The molecule has 32 heavy (non-hydrogen) atoms. The molecule has 0 radical (unpaired) electrons. The third-order valence-electron chi connectivity index (χ3n) is 6.14. The Morgan fingerprint density at radius 3 is 2.44 bits per heavy atom. The minimum absolute atomic E-state index is 0.110. The second-order valence-electron chi connectivity index (χ2n) is 8.98. The molecule has 2 aromatic carbocycles. The number of amides is 3. The molecule has 1 saturated heterocycles. The number of fused-ring (bicyclic) bond motifs is 1. The van der Waals surface area contributed by atoms with E-state index < -0.39 is 6.03 Å². The van der Waals surface area contributed by atoms with Gasteiger partial charge in [0.25, 0.3) is 5.91 Å². The van der Waals surface area contributed by atoms with Crippen molar-refractivity contribution in [3.8, 4) is 0 Å². The molecule has 2 heterocycles. The van der Waals surface area contributed by atoms with Crippen LogP contribution in [0.25, 0.3) is 11.6 Å². The molecule has 3 amide bonds. The van der Waals surface area contributed by atoms with Crippen molar-refractivity contribution in [2.45, 2.75) is 46.7 Å². The van der Waals surface area contributed by atoms with E-state index in [0.29, 0.717) is 10.6 Å². The van der Waals surface area contributed by atoms with Crippen LogP contribution in [0.5, 0.6) is 0 Å². The van der Waals surface area contributed by atoms with E-state index >= 15 is 0 Å². The van der Waals surface area contributed by atoms with Crippen LogP contribution in [0.3, 0.4) is 0 Å². The molecule has 6 heteroatoms. The summed E-state index contributed by atoms with van der Waals surface area (Å²) in [5, 5.41) is 3.24. The number of benzene rings is 2. The maximum atomic E-state index is 13.0. The highest BCUT2D eigenvalue weighted by atomic mass is 35.5.